The van der Waals surface area contributed by atoms with Crippen LogP contribution in [0.5, 0.6) is 5.75 Å². The van der Waals surface area contributed by atoms with Crippen LogP contribution in [-0.2, 0) is 9.47 Å². The lowest BCUT2D eigenvalue weighted by atomic mass is 10.0. The molecule has 1 aromatic heterocycles. The van der Waals surface area contributed by atoms with Crippen molar-refractivity contribution in [1.29, 1.82) is 0 Å². The largest absolute Gasteiger partial charge is 0.491 e. The van der Waals surface area contributed by atoms with Gasteiger partial charge >= 0.3 is 0 Å². The first-order valence-electron chi connectivity index (χ1n) is 9.30. The number of ether oxygens (including phenoxy) is 3. The molecule has 1 aromatic carbocycles. The van der Waals surface area contributed by atoms with Gasteiger partial charge in [0.15, 0.2) is 0 Å². The van der Waals surface area contributed by atoms with E-state index >= 15 is 0 Å². The Balaban J connectivity index is 1.50. The van der Waals surface area contributed by atoms with Gasteiger partial charge in [0.1, 0.15) is 23.6 Å². The zero-order valence-corrected chi connectivity index (χ0v) is 16.1. The van der Waals surface area contributed by atoms with E-state index in [0.29, 0.717) is 43.2 Å². The summed E-state index contributed by atoms with van der Waals surface area (Å²) in [5.74, 6) is 7.83. The standard InChI is InChI=1S/C22H22ClNO3/c1-15-10-17(5-4-16-2-3-16)6-7-20(15)21-11-18(12-22(23)24-21)27-14-19-13-25-8-9-26-19/h6-7,10-12,16,19H,2-3,8-9,13-14H2,1H3/t19-/m1/s1. The number of aromatic nitrogens is 1. The minimum atomic E-state index is -0.0554. The van der Waals surface area contributed by atoms with Gasteiger partial charge in [-0.2, -0.15) is 0 Å². The summed E-state index contributed by atoms with van der Waals surface area (Å²) in [7, 11) is 0. The van der Waals surface area contributed by atoms with E-state index in [1.807, 2.05) is 18.2 Å². The topological polar surface area (TPSA) is 40.6 Å². The summed E-state index contributed by atoms with van der Waals surface area (Å²) in [5.41, 5.74) is 3.97. The minimum absolute atomic E-state index is 0.0554. The normalized spacial score (nSPS) is 19.3. The van der Waals surface area contributed by atoms with Gasteiger partial charge in [0, 0.05) is 29.2 Å². The molecule has 4 nitrogen and oxygen atoms in total. The molecule has 4 rings (SSSR count). The molecule has 27 heavy (non-hydrogen) atoms. The predicted molar refractivity (Wildman–Crippen MR) is 105 cm³/mol. The van der Waals surface area contributed by atoms with Gasteiger partial charge in [0.05, 0.1) is 25.5 Å². The van der Waals surface area contributed by atoms with E-state index in [9.17, 15) is 0 Å². The molecule has 1 aliphatic heterocycles. The quantitative estimate of drug-likeness (QED) is 0.584. The van der Waals surface area contributed by atoms with Crippen LogP contribution >= 0.6 is 11.6 Å². The van der Waals surface area contributed by atoms with Crippen molar-refractivity contribution in [2.75, 3.05) is 26.4 Å². The van der Waals surface area contributed by atoms with Crippen LogP contribution in [0.1, 0.15) is 24.0 Å². The molecule has 140 valence electrons. The van der Waals surface area contributed by atoms with Gasteiger partial charge in [0.25, 0.3) is 0 Å². The van der Waals surface area contributed by atoms with Crippen LogP contribution in [0, 0.1) is 24.7 Å². The van der Waals surface area contributed by atoms with Crippen molar-refractivity contribution in [2.45, 2.75) is 25.9 Å². The maximum atomic E-state index is 6.23. The average Bonchev–Trinajstić information content (AvgIpc) is 3.50. The molecule has 1 saturated carbocycles. The summed E-state index contributed by atoms with van der Waals surface area (Å²) in [6.07, 6.45) is 2.41. The van der Waals surface area contributed by atoms with Gasteiger partial charge in [0.2, 0.25) is 0 Å². The highest BCUT2D eigenvalue weighted by atomic mass is 35.5. The molecule has 2 aromatic rings. The maximum absolute atomic E-state index is 6.23. The van der Waals surface area contributed by atoms with Crippen LogP contribution in [0.3, 0.4) is 0 Å². The molecule has 2 heterocycles. The molecule has 0 unspecified atom stereocenters. The molecule has 2 fully saturated rings. The van der Waals surface area contributed by atoms with Crippen molar-refractivity contribution >= 4 is 11.6 Å². The van der Waals surface area contributed by atoms with E-state index in [-0.39, 0.29) is 6.10 Å². The maximum Gasteiger partial charge on any atom is 0.133 e. The highest BCUT2D eigenvalue weighted by Gasteiger charge is 2.18. The monoisotopic (exact) mass is 383 g/mol. The highest BCUT2D eigenvalue weighted by Crippen LogP contribution is 2.29. The SMILES string of the molecule is Cc1cc(C#CC2CC2)ccc1-c1cc(OC[C@H]2COCCO2)cc(Cl)n1. The van der Waals surface area contributed by atoms with Crippen LogP contribution in [0.4, 0.5) is 0 Å². The molecular formula is C22H22ClNO3. The van der Waals surface area contributed by atoms with Gasteiger partial charge in [-0.05, 0) is 37.5 Å². The Morgan fingerprint density at radius 3 is 2.85 bits per heavy atom. The number of halogens is 1. The Kier molecular flexibility index (Phi) is 5.63. The Labute approximate surface area is 164 Å². The lowest BCUT2D eigenvalue weighted by Gasteiger charge is -2.23. The third-order valence-corrected chi connectivity index (χ3v) is 4.78. The minimum Gasteiger partial charge on any atom is -0.491 e. The first-order chi connectivity index (χ1) is 13.2. The Morgan fingerprint density at radius 1 is 1.22 bits per heavy atom. The third-order valence-electron chi connectivity index (χ3n) is 4.59. The van der Waals surface area contributed by atoms with Crippen LogP contribution in [0.15, 0.2) is 30.3 Å². The van der Waals surface area contributed by atoms with Crippen molar-refractivity contribution in [3.63, 3.8) is 0 Å². The summed E-state index contributed by atoms with van der Waals surface area (Å²) in [5, 5.41) is 0.403. The molecule has 1 saturated heterocycles. The molecule has 0 radical (unpaired) electrons. The third kappa shape index (κ3) is 5.01. The molecule has 1 aliphatic carbocycles. The van der Waals surface area contributed by atoms with E-state index in [4.69, 9.17) is 25.8 Å². The zero-order chi connectivity index (χ0) is 18.6. The van der Waals surface area contributed by atoms with Crippen LogP contribution in [-0.4, -0.2) is 37.5 Å². The molecule has 0 bridgehead atoms. The van der Waals surface area contributed by atoms with Gasteiger partial charge in [-0.1, -0.05) is 29.5 Å². The summed E-state index contributed by atoms with van der Waals surface area (Å²) in [6.45, 7) is 4.28. The van der Waals surface area contributed by atoms with Crippen molar-refractivity contribution < 1.29 is 14.2 Å². The second kappa shape index (κ2) is 8.31. The second-order valence-corrected chi connectivity index (χ2v) is 7.35. The number of rotatable bonds is 4. The number of aryl methyl sites for hydroxylation is 1. The van der Waals surface area contributed by atoms with Crippen LogP contribution < -0.4 is 4.74 Å². The Bertz CT molecular complexity index is 877. The van der Waals surface area contributed by atoms with Gasteiger partial charge in [-0.25, -0.2) is 4.98 Å². The van der Waals surface area contributed by atoms with Crippen molar-refractivity contribution in [3.8, 4) is 28.8 Å². The van der Waals surface area contributed by atoms with E-state index in [1.54, 1.807) is 6.07 Å². The molecule has 0 amide bonds. The predicted octanol–water partition coefficient (Wildman–Crippen LogP) is 4.27. The van der Waals surface area contributed by atoms with Crippen LogP contribution in [0.25, 0.3) is 11.3 Å². The van der Waals surface area contributed by atoms with Gasteiger partial charge < -0.3 is 14.2 Å². The fraction of sp³-hybridized carbons (Fsp3) is 0.409. The smallest absolute Gasteiger partial charge is 0.133 e. The lowest BCUT2D eigenvalue weighted by Crippen LogP contribution is -2.33. The number of hydrogen-bond donors (Lipinski definition) is 0. The first-order valence-corrected chi connectivity index (χ1v) is 9.67. The van der Waals surface area contributed by atoms with E-state index in [1.165, 1.54) is 12.8 Å². The second-order valence-electron chi connectivity index (χ2n) is 6.96. The van der Waals surface area contributed by atoms with E-state index < -0.39 is 0 Å². The van der Waals surface area contributed by atoms with E-state index in [2.05, 4.69) is 29.8 Å². The fourth-order valence-electron chi connectivity index (χ4n) is 2.96. The molecule has 1 atom stereocenters. The first kappa shape index (κ1) is 18.3. The van der Waals surface area contributed by atoms with Crippen LogP contribution in [0.2, 0.25) is 5.15 Å². The summed E-state index contributed by atoms with van der Waals surface area (Å²) < 4.78 is 16.9. The highest BCUT2D eigenvalue weighted by molar-refractivity contribution is 6.29. The van der Waals surface area contributed by atoms with Crippen molar-refractivity contribution in [3.05, 3.63) is 46.6 Å². The Hall–Kier alpha value is -2.06. The Morgan fingerprint density at radius 2 is 2.11 bits per heavy atom. The molecule has 0 N–H and O–H groups in total. The number of nitrogens with zero attached hydrogens (tertiary/aromatic N) is 1. The van der Waals surface area contributed by atoms with Gasteiger partial charge in [-0.15, -0.1) is 0 Å². The molecular weight excluding hydrogens is 362 g/mol. The lowest BCUT2D eigenvalue weighted by molar-refractivity contribution is -0.101. The van der Waals surface area contributed by atoms with Crippen molar-refractivity contribution in [2.24, 2.45) is 5.92 Å². The summed E-state index contributed by atoms with van der Waals surface area (Å²) in [4.78, 5) is 4.47. The summed E-state index contributed by atoms with van der Waals surface area (Å²) in [6, 6.07) is 9.81. The van der Waals surface area contributed by atoms with Crippen molar-refractivity contribution in [1.82, 2.24) is 4.98 Å². The molecule has 2 aliphatic rings. The molecule has 0 spiro atoms. The molecule has 5 heteroatoms. The van der Waals surface area contributed by atoms with E-state index in [0.717, 1.165) is 22.4 Å². The average molecular weight is 384 g/mol. The zero-order valence-electron chi connectivity index (χ0n) is 15.3. The fourth-order valence-corrected chi connectivity index (χ4v) is 3.16. The number of pyridine rings is 1. The number of hydrogen-bond acceptors (Lipinski definition) is 4. The van der Waals surface area contributed by atoms with Gasteiger partial charge in [-0.3, -0.25) is 0 Å². The number of benzene rings is 1. The summed E-state index contributed by atoms with van der Waals surface area (Å²) >= 11 is 6.23.